The van der Waals surface area contributed by atoms with E-state index in [1.165, 1.54) is 23.1 Å². The molecule has 0 fully saturated rings. The number of ether oxygens (including phenoxy) is 1. The number of nitrogens with zero attached hydrogens (tertiary/aromatic N) is 1. The highest BCUT2D eigenvalue weighted by molar-refractivity contribution is 8.13. The van der Waals surface area contributed by atoms with E-state index in [0.29, 0.717) is 11.3 Å². The molecule has 1 aromatic rings. The zero-order chi connectivity index (χ0) is 14.8. The summed E-state index contributed by atoms with van der Waals surface area (Å²) >= 11 is 0. The van der Waals surface area contributed by atoms with Crippen molar-refractivity contribution in [1.82, 2.24) is 4.90 Å². The number of carbonyl (C=O) groups excluding carboxylic acids is 1. The summed E-state index contributed by atoms with van der Waals surface area (Å²) in [5, 5.41) is 0. The van der Waals surface area contributed by atoms with Crippen molar-refractivity contribution in [2.24, 2.45) is 0 Å². The van der Waals surface area contributed by atoms with Crippen LogP contribution in [0.1, 0.15) is 12.5 Å². The number of rotatable bonds is 4. The lowest BCUT2D eigenvalue weighted by Gasteiger charge is -2.18. The SMILES string of the molecule is Cc1cc(OC(C)C(=O)N(C)C)ccc1S(=O)(=O)Cl. The maximum absolute atomic E-state index is 11.6. The molecule has 1 amide bonds. The molecule has 0 aliphatic heterocycles. The molecule has 5 nitrogen and oxygen atoms in total. The maximum Gasteiger partial charge on any atom is 0.262 e. The summed E-state index contributed by atoms with van der Waals surface area (Å²) in [5.74, 6) is 0.246. The van der Waals surface area contributed by atoms with Crippen LogP contribution in [0.15, 0.2) is 23.1 Å². The number of hydrogen-bond donors (Lipinski definition) is 0. The van der Waals surface area contributed by atoms with Gasteiger partial charge in [0.2, 0.25) is 0 Å². The molecule has 0 aromatic heterocycles. The summed E-state index contributed by atoms with van der Waals surface area (Å²) in [7, 11) is 4.79. The van der Waals surface area contributed by atoms with Gasteiger partial charge in [-0.05, 0) is 37.6 Å². The molecule has 0 heterocycles. The van der Waals surface area contributed by atoms with E-state index in [1.54, 1.807) is 27.9 Å². The Morgan fingerprint density at radius 3 is 2.37 bits per heavy atom. The Balaban J connectivity index is 2.94. The second-order valence-electron chi connectivity index (χ2n) is 4.36. The highest BCUT2D eigenvalue weighted by Crippen LogP contribution is 2.24. The van der Waals surface area contributed by atoms with Gasteiger partial charge < -0.3 is 9.64 Å². The fourth-order valence-electron chi connectivity index (χ4n) is 1.59. The van der Waals surface area contributed by atoms with Gasteiger partial charge in [-0.1, -0.05) is 0 Å². The zero-order valence-corrected chi connectivity index (χ0v) is 12.7. The highest BCUT2D eigenvalue weighted by atomic mass is 35.7. The van der Waals surface area contributed by atoms with Crippen molar-refractivity contribution >= 4 is 25.6 Å². The van der Waals surface area contributed by atoms with Crippen LogP contribution in [0.4, 0.5) is 0 Å². The molecular formula is C12H16ClNO4S. The summed E-state index contributed by atoms with van der Waals surface area (Å²) < 4.78 is 28.0. The molecule has 1 aromatic carbocycles. The van der Waals surface area contributed by atoms with Gasteiger partial charge >= 0.3 is 0 Å². The average molecular weight is 306 g/mol. The van der Waals surface area contributed by atoms with Gasteiger partial charge in [0.25, 0.3) is 15.0 Å². The van der Waals surface area contributed by atoms with Crippen LogP contribution in [-0.4, -0.2) is 39.4 Å². The Morgan fingerprint density at radius 1 is 1.37 bits per heavy atom. The molecule has 1 rings (SSSR count). The van der Waals surface area contributed by atoms with Crippen LogP contribution in [0.25, 0.3) is 0 Å². The number of aryl methyl sites for hydroxylation is 1. The van der Waals surface area contributed by atoms with E-state index in [2.05, 4.69) is 0 Å². The first kappa shape index (κ1) is 15.8. The lowest BCUT2D eigenvalue weighted by Crippen LogP contribution is -2.35. The van der Waals surface area contributed by atoms with Gasteiger partial charge in [0.1, 0.15) is 5.75 Å². The van der Waals surface area contributed by atoms with Crippen molar-refractivity contribution in [2.75, 3.05) is 14.1 Å². The molecule has 1 atom stereocenters. The second-order valence-corrected chi connectivity index (χ2v) is 6.89. The molecular weight excluding hydrogens is 290 g/mol. The third-order valence-electron chi connectivity index (χ3n) is 2.51. The molecule has 0 radical (unpaired) electrons. The molecule has 19 heavy (non-hydrogen) atoms. The van der Waals surface area contributed by atoms with Crippen LogP contribution >= 0.6 is 10.7 Å². The number of benzene rings is 1. The van der Waals surface area contributed by atoms with E-state index in [1.807, 2.05) is 0 Å². The molecule has 106 valence electrons. The minimum atomic E-state index is -3.77. The highest BCUT2D eigenvalue weighted by Gasteiger charge is 2.18. The van der Waals surface area contributed by atoms with Crippen LogP contribution < -0.4 is 4.74 Å². The Kier molecular flexibility index (Phi) is 4.81. The van der Waals surface area contributed by atoms with Crippen molar-refractivity contribution in [2.45, 2.75) is 24.8 Å². The minimum absolute atomic E-state index is 0.0353. The van der Waals surface area contributed by atoms with Gasteiger partial charge in [-0.15, -0.1) is 0 Å². The van der Waals surface area contributed by atoms with Crippen LogP contribution in [0.5, 0.6) is 5.75 Å². The first-order valence-electron chi connectivity index (χ1n) is 5.56. The summed E-state index contributed by atoms with van der Waals surface area (Å²) in [5.41, 5.74) is 0.469. The van der Waals surface area contributed by atoms with Crippen LogP contribution in [0.2, 0.25) is 0 Å². The zero-order valence-electron chi connectivity index (χ0n) is 11.2. The molecule has 0 N–H and O–H groups in total. The summed E-state index contributed by atoms with van der Waals surface area (Å²) in [6.07, 6.45) is -0.646. The topological polar surface area (TPSA) is 63.7 Å². The Hall–Kier alpha value is -1.27. The fraction of sp³-hybridized carbons (Fsp3) is 0.417. The van der Waals surface area contributed by atoms with Crippen molar-refractivity contribution in [3.8, 4) is 5.75 Å². The standard InChI is InChI=1S/C12H16ClNO4S/c1-8-7-10(5-6-11(8)19(13,16)17)18-9(2)12(15)14(3)4/h5-7,9H,1-4H3. The molecule has 0 saturated heterocycles. The first-order chi connectivity index (χ1) is 8.62. The van der Waals surface area contributed by atoms with Crippen LogP contribution in [0.3, 0.4) is 0 Å². The molecule has 0 aliphatic rings. The van der Waals surface area contributed by atoms with Crippen LogP contribution in [0, 0.1) is 6.92 Å². The van der Waals surface area contributed by atoms with E-state index < -0.39 is 15.2 Å². The lowest BCUT2D eigenvalue weighted by molar-refractivity contribution is -0.135. The Labute approximate surface area is 117 Å². The lowest BCUT2D eigenvalue weighted by atomic mass is 10.2. The predicted molar refractivity (Wildman–Crippen MR) is 73.0 cm³/mol. The normalized spacial score (nSPS) is 12.9. The smallest absolute Gasteiger partial charge is 0.262 e. The van der Waals surface area contributed by atoms with E-state index in [-0.39, 0.29) is 10.8 Å². The summed E-state index contributed by atoms with van der Waals surface area (Å²) in [4.78, 5) is 13.1. The monoisotopic (exact) mass is 305 g/mol. The van der Waals surface area contributed by atoms with Gasteiger partial charge in [-0.3, -0.25) is 4.79 Å². The number of likely N-dealkylation sites (N-methyl/N-ethyl adjacent to an activating group) is 1. The van der Waals surface area contributed by atoms with E-state index in [0.717, 1.165) is 0 Å². The second kappa shape index (κ2) is 5.79. The Bertz CT molecular complexity index is 583. The molecule has 7 heteroatoms. The predicted octanol–water partition coefficient (Wildman–Crippen LogP) is 1.78. The summed E-state index contributed by atoms with van der Waals surface area (Å²) in [6, 6.07) is 4.37. The first-order valence-corrected chi connectivity index (χ1v) is 7.87. The number of hydrogen-bond acceptors (Lipinski definition) is 4. The van der Waals surface area contributed by atoms with Crippen molar-refractivity contribution in [3.05, 3.63) is 23.8 Å². The third kappa shape index (κ3) is 4.11. The van der Waals surface area contributed by atoms with Crippen molar-refractivity contribution in [1.29, 1.82) is 0 Å². The van der Waals surface area contributed by atoms with E-state index >= 15 is 0 Å². The Morgan fingerprint density at radius 2 is 1.95 bits per heavy atom. The number of amides is 1. The molecule has 0 aliphatic carbocycles. The molecule has 0 spiro atoms. The van der Waals surface area contributed by atoms with Gasteiger partial charge in [0, 0.05) is 24.8 Å². The van der Waals surface area contributed by atoms with Gasteiger partial charge in [-0.25, -0.2) is 8.42 Å². The van der Waals surface area contributed by atoms with Crippen molar-refractivity contribution in [3.63, 3.8) is 0 Å². The van der Waals surface area contributed by atoms with Gasteiger partial charge in [0.05, 0.1) is 4.90 Å². The third-order valence-corrected chi connectivity index (χ3v) is 3.99. The number of carbonyl (C=O) groups is 1. The maximum atomic E-state index is 11.6. The average Bonchev–Trinajstić information content (AvgIpc) is 2.25. The summed E-state index contributed by atoms with van der Waals surface area (Å²) in [6.45, 7) is 3.24. The van der Waals surface area contributed by atoms with E-state index in [9.17, 15) is 13.2 Å². The fourth-order valence-corrected chi connectivity index (χ4v) is 2.78. The number of halogens is 1. The molecule has 0 bridgehead atoms. The van der Waals surface area contributed by atoms with Gasteiger partial charge in [0.15, 0.2) is 6.10 Å². The largest absolute Gasteiger partial charge is 0.481 e. The van der Waals surface area contributed by atoms with Crippen LogP contribution in [-0.2, 0) is 13.8 Å². The molecule has 0 saturated carbocycles. The van der Waals surface area contributed by atoms with E-state index in [4.69, 9.17) is 15.4 Å². The van der Waals surface area contributed by atoms with Gasteiger partial charge in [-0.2, -0.15) is 0 Å². The minimum Gasteiger partial charge on any atom is -0.481 e. The quantitative estimate of drug-likeness (QED) is 0.795. The van der Waals surface area contributed by atoms with Crippen molar-refractivity contribution < 1.29 is 17.9 Å². The molecule has 1 unspecified atom stereocenters.